The van der Waals surface area contributed by atoms with Gasteiger partial charge in [-0.1, -0.05) is 6.08 Å². The Bertz CT molecular complexity index is 348. The van der Waals surface area contributed by atoms with Gasteiger partial charge in [0.15, 0.2) is 0 Å². The SMILES string of the molecule is C=CCN(CC)C(=O)c1csc(CN)n1. The molecule has 0 atom stereocenters. The van der Waals surface area contributed by atoms with Gasteiger partial charge in [0.1, 0.15) is 10.7 Å². The lowest BCUT2D eigenvalue weighted by Gasteiger charge is -2.17. The molecule has 0 fully saturated rings. The van der Waals surface area contributed by atoms with Gasteiger partial charge in [-0.25, -0.2) is 4.98 Å². The fraction of sp³-hybridized carbons (Fsp3) is 0.400. The first-order valence-electron chi connectivity index (χ1n) is 4.77. The topological polar surface area (TPSA) is 59.2 Å². The Balaban J connectivity index is 2.77. The zero-order valence-electron chi connectivity index (χ0n) is 8.77. The highest BCUT2D eigenvalue weighted by Gasteiger charge is 2.15. The van der Waals surface area contributed by atoms with Crippen LogP contribution in [0.25, 0.3) is 0 Å². The summed E-state index contributed by atoms with van der Waals surface area (Å²) in [6, 6.07) is 0. The molecule has 15 heavy (non-hydrogen) atoms. The number of nitrogens with zero attached hydrogens (tertiary/aromatic N) is 2. The predicted molar refractivity (Wildman–Crippen MR) is 61.8 cm³/mol. The van der Waals surface area contributed by atoms with Crippen LogP contribution in [0.4, 0.5) is 0 Å². The number of hydrogen-bond acceptors (Lipinski definition) is 4. The maximum Gasteiger partial charge on any atom is 0.273 e. The van der Waals surface area contributed by atoms with E-state index >= 15 is 0 Å². The van der Waals surface area contributed by atoms with E-state index in [4.69, 9.17) is 5.73 Å². The second kappa shape index (κ2) is 5.63. The normalized spacial score (nSPS) is 10.0. The highest BCUT2D eigenvalue weighted by atomic mass is 32.1. The molecule has 0 saturated heterocycles. The van der Waals surface area contributed by atoms with E-state index in [1.165, 1.54) is 11.3 Å². The summed E-state index contributed by atoms with van der Waals surface area (Å²) in [7, 11) is 0. The Kier molecular flexibility index (Phi) is 4.45. The number of carbonyl (C=O) groups is 1. The lowest BCUT2D eigenvalue weighted by atomic mass is 10.3. The van der Waals surface area contributed by atoms with E-state index in [0.717, 1.165) is 5.01 Å². The maximum atomic E-state index is 11.9. The van der Waals surface area contributed by atoms with Crippen LogP contribution >= 0.6 is 11.3 Å². The van der Waals surface area contributed by atoms with Crippen molar-refractivity contribution in [3.05, 3.63) is 28.7 Å². The minimum absolute atomic E-state index is 0.0617. The number of rotatable bonds is 5. The molecule has 2 N–H and O–H groups in total. The number of likely N-dealkylation sites (N-methyl/N-ethyl adjacent to an activating group) is 1. The number of aromatic nitrogens is 1. The maximum absolute atomic E-state index is 11.9. The van der Waals surface area contributed by atoms with Crippen LogP contribution in [0.3, 0.4) is 0 Å². The third kappa shape index (κ3) is 2.87. The minimum atomic E-state index is -0.0617. The van der Waals surface area contributed by atoms with Gasteiger partial charge in [-0.2, -0.15) is 0 Å². The number of carbonyl (C=O) groups excluding carboxylic acids is 1. The first-order valence-corrected chi connectivity index (χ1v) is 5.65. The molecule has 1 rings (SSSR count). The van der Waals surface area contributed by atoms with Crippen molar-refractivity contribution in [1.82, 2.24) is 9.88 Å². The van der Waals surface area contributed by atoms with E-state index in [0.29, 0.717) is 25.3 Å². The van der Waals surface area contributed by atoms with E-state index in [1.54, 1.807) is 16.4 Å². The molecule has 0 unspecified atom stereocenters. The number of thiazole rings is 1. The molecule has 0 aromatic carbocycles. The van der Waals surface area contributed by atoms with Crippen LogP contribution < -0.4 is 5.73 Å². The van der Waals surface area contributed by atoms with Gasteiger partial charge in [-0.05, 0) is 6.92 Å². The highest BCUT2D eigenvalue weighted by molar-refractivity contribution is 7.09. The van der Waals surface area contributed by atoms with Crippen molar-refractivity contribution in [2.24, 2.45) is 5.73 Å². The molecule has 0 aliphatic rings. The van der Waals surface area contributed by atoms with Crippen LogP contribution in [0.2, 0.25) is 0 Å². The largest absolute Gasteiger partial charge is 0.334 e. The molecule has 0 saturated carbocycles. The van der Waals surface area contributed by atoms with Gasteiger partial charge in [0.2, 0.25) is 0 Å². The molecule has 1 amide bonds. The van der Waals surface area contributed by atoms with Crippen LogP contribution in [0, 0.1) is 0 Å². The lowest BCUT2D eigenvalue weighted by Crippen LogP contribution is -2.31. The smallest absolute Gasteiger partial charge is 0.273 e. The third-order valence-electron chi connectivity index (χ3n) is 1.96. The summed E-state index contributed by atoms with van der Waals surface area (Å²) in [6.07, 6.45) is 1.71. The van der Waals surface area contributed by atoms with Crippen molar-refractivity contribution < 1.29 is 4.79 Å². The lowest BCUT2D eigenvalue weighted by molar-refractivity contribution is 0.0777. The summed E-state index contributed by atoms with van der Waals surface area (Å²) >= 11 is 1.41. The van der Waals surface area contributed by atoms with Crippen LogP contribution in [-0.4, -0.2) is 28.9 Å². The molecule has 82 valence electrons. The number of amides is 1. The highest BCUT2D eigenvalue weighted by Crippen LogP contribution is 2.11. The van der Waals surface area contributed by atoms with E-state index in [1.807, 2.05) is 6.92 Å². The quantitative estimate of drug-likeness (QED) is 0.767. The first-order chi connectivity index (χ1) is 7.22. The monoisotopic (exact) mass is 225 g/mol. The van der Waals surface area contributed by atoms with E-state index in [-0.39, 0.29) is 5.91 Å². The third-order valence-corrected chi connectivity index (χ3v) is 2.84. The van der Waals surface area contributed by atoms with Gasteiger partial charge in [0.25, 0.3) is 5.91 Å². The molecule has 4 nitrogen and oxygen atoms in total. The van der Waals surface area contributed by atoms with E-state index in [9.17, 15) is 4.79 Å². The molecular formula is C10H15N3OS. The van der Waals surface area contributed by atoms with Crippen LogP contribution in [0.1, 0.15) is 22.4 Å². The molecule has 1 aromatic heterocycles. The van der Waals surface area contributed by atoms with Crippen LogP contribution in [-0.2, 0) is 6.54 Å². The second-order valence-electron chi connectivity index (χ2n) is 2.96. The first kappa shape index (κ1) is 11.9. The van der Waals surface area contributed by atoms with Gasteiger partial charge in [0.05, 0.1) is 0 Å². The Hall–Kier alpha value is -1.20. The zero-order valence-corrected chi connectivity index (χ0v) is 9.59. The summed E-state index contributed by atoms with van der Waals surface area (Å²) in [5.74, 6) is -0.0617. The van der Waals surface area contributed by atoms with Crippen molar-refractivity contribution >= 4 is 17.2 Å². The molecule has 0 spiro atoms. The Morgan fingerprint density at radius 1 is 1.80 bits per heavy atom. The molecular weight excluding hydrogens is 210 g/mol. The summed E-state index contributed by atoms with van der Waals surface area (Å²) < 4.78 is 0. The Morgan fingerprint density at radius 3 is 3.00 bits per heavy atom. The van der Waals surface area contributed by atoms with Crippen molar-refractivity contribution in [2.45, 2.75) is 13.5 Å². The Labute approximate surface area is 93.4 Å². The van der Waals surface area contributed by atoms with E-state index in [2.05, 4.69) is 11.6 Å². The molecule has 5 heteroatoms. The fourth-order valence-electron chi connectivity index (χ4n) is 1.18. The molecule has 0 bridgehead atoms. The Morgan fingerprint density at radius 2 is 2.53 bits per heavy atom. The van der Waals surface area contributed by atoms with Crippen molar-refractivity contribution in [2.75, 3.05) is 13.1 Å². The summed E-state index contributed by atoms with van der Waals surface area (Å²) in [5.41, 5.74) is 5.91. The fourth-order valence-corrected chi connectivity index (χ4v) is 1.82. The van der Waals surface area contributed by atoms with Gasteiger partial charge in [-0.3, -0.25) is 4.79 Å². The average molecular weight is 225 g/mol. The predicted octanol–water partition coefficient (Wildman–Crippen LogP) is 1.25. The van der Waals surface area contributed by atoms with Crippen molar-refractivity contribution in [1.29, 1.82) is 0 Å². The van der Waals surface area contributed by atoms with E-state index < -0.39 is 0 Å². The summed E-state index contributed by atoms with van der Waals surface area (Å²) in [4.78, 5) is 17.7. The van der Waals surface area contributed by atoms with Crippen LogP contribution in [0.5, 0.6) is 0 Å². The molecule has 1 aromatic rings. The number of nitrogens with two attached hydrogens (primary N) is 1. The van der Waals surface area contributed by atoms with Gasteiger partial charge in [-0.15, -0.1) is 17.9 Å². The zero-order chi connectivity index (χ0) is 11.3. The van der Waals surface area contributed by atoms with Gasteiger partial charge in [0, 0.05) is 25.0 Å². The summed E-state index contributed by atoms with van der Waals surface area (Å²) in [5, 5.41) is 2.53. The molecule has 0 aliphatic carbocycles. The van der Waals surface area contributed by atoms with Gasteiger partial charge < -0.3 is 10.6 Å². The average Bonchev–Trinajstić information content (AvgIpc) is 2.73. The molecule has 1 heterocycles. The number of hydrogen-bond donors (Lipinski definition) is 1. The van der Waals surface area contributed by atoms with Gasteiger partial charge >= 0.3 is 0 Å². The second-order valence-corrected chi connectivity index (χ2v) is 3.91. The summed E-state index contributed by atoms with van der Waals surface area (Å²) in [6.45, 7) is 7.12. The van der Waals surface area contributed by atoms with Crippen LogP contribution in [0.15, 0.2) is 18.0 Å². The standard InChI is InChI=1S/C10H15N3OS/c1-3-5-13(4-2)10(14)8-7-15-9(6-11)12-8/h3,7H,1,4-6,11H2,2H3. The van der Waals surface area contributed by atoms with Crippen molar-refractivity contribution in [3.63, 3.8) is 0 Å². The van der Waals surface area contributed by atoms with Crippen molar-refractivity contribution in [3.8, 4) is 0 Å². The minimum Gasteiger partial charge on any atom is -0.334 e. The molecule has 0 aliphatic heterocycles. The molecule has 0 radical (unpaired) electrons.